The largest absolute Gasteiger partial charge is 0.352 e. The number of hydrogen-bond acceptors (Lipinski definition) is 4. The second-order valence-corrected chi connectivity index (χ2v) is 6.66. The van der Waals surface area contributed by atoms with Crippen molar-refractivity contribution >= 4 is 5.91 Å². The molecule has 0 unspecified atom stereocenters. The van der Waals surface area contributed by atoms with Gasteiger partial charge in [0.25, 0.3) is 0 Å². The summed E-state index contributed by atoms with van der Waals surface area (Å²) < 4.78 is 5.02. The summed E-state index contributed by atoms with van der Waals surface area (Å²) in [4.78, 5) is 16.3. The van der Waals surface area contributed by atoms with Crippen LogP contribution in [0.1, 0.15) is 56.4 Å². The lowest BCUT2D eigenvalue weighted by atomic mass is 9.86. The molecule has 128 valence electrons. The second kappa shape index (κ2) is 8.08. The van der Waals surface area contributed by atoms with Gasteiger partial charge in [0.1, 0.15) is 0 Å². The maximum absolute atomic E-state index is 12.1. The first-order valence-electron chi connectivity index (χ1n) is 8.87. The first kappa shape index (κ1) is 16.7. The highest BCUT2D eigenvalue weighted by atomic mass is 16.5. The number of rotatable bonds is 6. The number of amides is 1. The number of carbonyl (C=O) groups excluding carboxylic acids is 1. The molecule has 5 nitrogen and oxygen atoms in total. The average molecular weight is 327 g/mol. The third-order valence-corrected chi connectivity index (χ3v) is 4.71. The zero-order chi connectivity index (χ0) is 16.8. The van der Waals surface area contributed by atoms with Crippen LogP contribution in [0.25, 0.3) is 11.4 Å². The van der Waals surface area contributed by atoms with Gasteiger partial charge in [0.15, 0.2) is 0 Å². The van der Waals surface area contributed by atoms with Gasteiger partial charge >= 0.3 is 0 Å². The van der Waals surface area contributed by atoms with Gasteiger partial charge in [0.05, 0.1) is 0 Å². The lowest BCUT2D eigenvalue weighted by Crippen LogP contribution is -2.23. The summed E-state index contributed by atoms with van der Waals surface area (Å²) in [6.07, 6.45) is 8.25. The zero-order valence-electron chi connectivity index (χ0n) is 14.3. The van der Waals surface area contributed by atoms with E-state index in [-0.39, 0.29) is 5.91 Å². The van der Waals surface area contributed by atoms with Gasteiger partial charge in [-0.1, -0.05) is 55.5 Å². The quantitative estimate of drug-likeness (QED) is 0.870. The Morgan fingerprint density at radius 2 is 2.12 bits per heavy atom. The monoisotopic (exact) mass is 327 g/mol. The molecule has 1 saturated carbocycles. The summed E-state index contributed by atoms with van der Waals surface area (Å²) in [5, 5.41) is 6.95. The highest BCUT2D eigenvalue weighted by Crippen LogP contribution is 2.27. The molecule has 1 aliphatic rings. The first-order chi connectivity index (χ1) is 11.7. The molecular weight excluding hydrogens is 302 g/mol. The molecule has 0 atom stereocenters. The zero-order valence-corrected chi connectivity index (χ0v) is 14.3. The van der Waals surface area contributed by atoms with Crippen LogP contribution in [-0.2, 0) is 11.3 Å². The molecule has 1 amide bonds. The number of aromatic nitrogens is 2. The van der Waals surface area contributed by atoms with Gasteiger partial charge in [-0.05, 0) is 24.0 Å². The minimum atomic E-state index is 0.140. The molecule has 1 aromatic carbocycles. The molecular formula is C19H25N3O2. The number of nitrogens with one attached hydrogen (secondary N) is 1. The van der Waals surface area contributed by atoms with Gasteiger partial charge in [0.2, 0.25) is 17.6 Å². The third kappa shape index (κ3) is 4.66. The maximum Gasteiger partial charge on any atom is 0.223 e. The van der Waals surface area contributed by atoms with Crippen molar-refractivity contribution in [3.8, 4) is 11.4 Å². The summed E-state index contributed by atoms with van der Waals surface area (Å²) in [5.74, 6) is 2.01. The van der Waals surface area contributed by atoms with Crippen LogP contribution in [0.15, 0.2) is 28.8 Å². The number of carbonyl (C=O) groups is 1. The van der Waals surface area contributed by atoms with Crippen molar-refractivity contribution in [3.05, 3.63) is 35.7 Å². The predicted octanol–water partition coefficient (Wildman–Crippen LogP) is 4.02. The van der Waals surface area contributed by atoms with Gasteiger partial charge in [0, 0.05) is 25.5 Å². The van der Waals surface area contributed by atoms with Crippen LogP contribution in [0.5, 0.6) is 0 Å². The van der Waals surface area contributed by atoms with Crippen LogP contribution in [0.3, 0.4) is 0 Å². The van der Waals surface area contributed by atoms with Crippen molar-refractivity contribution in [1.82, 2.24) is 15.5 Å². The van der Waals surface area contributed by atoms with E-state index < -0.39 is 0 Å². The molecule has 1 aromatic heterocycles. The molecule has 3 rings (SSSR count). The van der Waals surface area contributed by atoms with Crippen molar-refractivity contribution in [3.63, 3.8) is 0 Å². The normalized spacial score (nSPS) is 15.4. The van der Waals surface area contributed by atoms with Crippen LogP contribution in [0.2, 0.25) is 0 Å². The molecule has 0 spiro atoms. The van der Waals surface area contributed by atoms with E-state index in [1.807, 2.05) is 24.3 Å². The Morgan fingerprint density at radius 1 is 1.29 bits per heavy atom. The highest BCUT2D eigenvalue weighted by Gasteiger charge is 2.14. The molecule has 0 radical (unpaired) electrons. The molecule has 2 aromatic rings. The van der Waals surface area contributed by atoms with Crippen LogP contribution >= 0.6 is 0 Å². The summed E-state index contributed by atoms with van der Waals surface area (Å²) in [7, 11) is 0. The van der Waals surface area contributed by atoms with Crippen molar-refractivity contribution in [2.45, 2.75) is 58.4 Å². The summed E-state index contributed by atoms with van der Waals surface area (Å²) in [6.45, 7) is 2.31. The van der Waals surface area contributed by atoms with E-state index in [1.54, 1.807) is 6.92 Å². The average Bonchev–Trinajstić information content (AvgIpc) is 3.06. The summed E-state index contributed by atoms with van der Waals surface area (Å²) >= 11 is 0. The Morgan fingerprint density at radius 3 is 2.88 bits per heavy atom. The number of nitrogens with zero attached hydrogens (tertiary/aromatic N) is 2. The maximum atomic E-state index is 12.1. The van der Waals surface area contributed by atoms with Gasteiger partial charge in [-0.15, -0.1) is 0 Å². The van der Waals surface area contributed by atoms with Crippen molar-refractivity contribution in [2.75, 3.05) is 0 Å². The first-order valence-corrected chi connectivity index (χ1v) is 8.87. The molecule has 0 aliphatic heterocycles. The standard InChI is InChI=1S/C19H25N3O2/c1-14-21-19(22-24-14)17-9-5-8-16(12-17)13-20-18(23)11-10-15-6-3-2-4-7-15/h5,8-9,12,15H,2-4,6-7,10-11,13H2,1H3,(H,20,23). The predicted molar refractivity (Wildman–Crippen MR) is 92.1 cm³/mol. The molecule has 1 fully saturated rings. The number of aryl methyl sites for hydroxylation is 1. The van der Waals surface area contributed by atoms with E-state index in [0.717, 1.165) is 23.5 Å². The minimum absolute atomic E-state index is 0.140. The molecule has 1 aliphatic carbocycles. The fourth-order valence-corrected chi connectivity index (χ4v) is 3.34. The fraction of sp³-hybridized carbons (Fsp3) is 0.526. The van der Waals surface area contributed by atoms with E-state index >= 15 is 0 Å². The second-order valence-electron chi connectivity index (χ2n) is 6.66. The van der Waals surface area contributed by atoms with Crippen LogP contribution in [0, 0.1) is 12.8 Å². The van der Waals surface area contributed by atoms with Crippen molar-refractivity contribution in [2.24, 2.45) is 5.92 Å². The van der Waals surface area contributed by atoms with Gasteiger partial charge in [-0.2, -0.15) is 4.98 Å². The Balaban J connectivity index is 1.48. The van der Waals surface area contributed by atoms with Crippen LogP contribution < -0.4 is 5.32 Å². The Labute approximate surface area is 142 Å². The van der Waals surface area contributed by atoms with E-state index in [4.69, 9.17) is 4.52 Å². The Hall–Kier alpha value is -2.17. The van der Waals surface area contributed by atoms with Gasteiger partial charge < -0.3 is 9.84 Å². The fourth-order valence-electron chi connectivity index (χ4n) is 3.34. The van der Waals surface area contributed by atoms with Crippen molar-refractivity contribution < 1.29 is 9.32 Å². The van der Waals surface area contributed by atoms with E-state index in [2.05, 4.69) is 15.5 Å². The lowest BCUT2D eigenvalue weighted by molar-refractivity contribution is -0.121. The lowest BCUT2D eigenvalue weighted by Gasteiger charge is -2.21. The topological polar surface area (TPSA) is 68.0 Å². The SMILES string of the molecule is Cc1nc(-c2cccc(CNC(=O)CCC3CCCCC3)c2)no1. The molecule has 0 bridgehead atoms. The summed E-state index contributed by atoms with van der Waals surface area (Å²) in [6, 6.07) is 7.88. The van der Waals surface area contributed by atoms with Crippen LogP contribution in [-0.4, -0.2) is 16.0 Å². The number of benzene rings is 1. The highest BCUT2D eigenvalue weighted by molar-refractivity contribution is 5.75. The molecule has 24 heavy (non-hydrogen) atoms. The molecule has 1 N–H and O–H groups in total. The smallest absolute Gasteiger partial charge is 0.223 e. The molecule has 5 heteroatoms. The number of hydrogen-bond donors (Lipinski definition) is 1. The third-order valence-electron chi connectivity index (χ3n) is 4.71. The molecule has 1 heterocycles. The Kier molecular flexibility index (Phi) is 5.62. The van der Waals surface area contributed by atoms with Crippen LogP contribution in [0.4, 0.5) is 0 Å². The van der Waals surface area contributed by atoms with E-state index in [1.165, 1.54) is 32.1 Å². The summed E-state index contributed by atoms with van der Waals surface area (Å²) in [5.41, 5.74) is 1.95. The van der Waals surface area contributed by atoms with Gasteiger partial charge in [-0.25, -0.2) is 0 Å². The van der Waals surface area contributed by atoms with Gasteiger partial charge in [-0.3, -0.25) is 4.79 Å². The Bertz CT molecular complexity index is 675. The minimum Gasteiger partial charge on any atom is -0.352 e. The van der Waals surface area contributed by atoms with E-state index in [9.17, 15) is 4.79 Å². The molecule has 0 saturated heterocycles. The van der Waals surface area contributed by atoms with E-state index in [0.29, 0.717) is 24.7 Å². The van der Waals surface area contributed by atoms with Crippen molar-refractivity contribution in [1.29, 1.82) is 0 Å².